The molecule has 3 nitrogen and oxygen atoms in total. The molecule has 108 valence electrons. The van der Waals surface area contributed by atoms with Crippen molar-refractivity contribution < 1.29 is 14.6 Å². The van der Waals surface area contributed by atoms with Crippen LogP contribution in [0.25, 0.3) is 0 Å². The van der Waals surface area contributed by atoms with Crippen LogP contribution in [0, 0.1) is 6.92 Å². The summed E-state index contributed by atoms with van der Waals surface area (Å²) in [5.74, 6) is 0.508. The van der Waals surface area contributed by atoms with E-state index in [1.807, 2.05) is 43.3 Å². The van der Waals surface area contributed by atoms with Gasteiger partial charge < -0.3 is 14.6 Å². The van der Waals surface area contributed by atoms with Crippen molar-refractivity contribution in [2.75, 3.05) is 0 Å². The van der Waals surface area contributed by atoms with Gasteiger partial charge in [-0.1, -0.05) is 29.8 Å². The molecule has 0 amide bonds. The zero-order valence-corrected chi connectivity index (χ0v) is 12.4. The van der Waals surface area contributed by atoms with Gasteiger partial charge in [-0.05, 0) is 36.8 Å². The van der Waals surface area contributed by atoms with Crippen molar-refractivity contribution in [3.8, 4) is 0 Å². The van der Waals surface area contributed by atoms with Crippen LogP contribution >= 0.6 is 11.3 Å². The van der Waals surface area contributed by atoms with Gasteiger partial charge in [0.15, 0.2) is 0 Å². The van der Waals surface area contributed by atoms with Gasteiger partial charge in [0.2, 0.25) is 0 Å². The number of hydrogen-bond donors (Lipinski definition) is 2. The zero-order valence-electron chi connectivity index (χ0n) is 11.6. The first kappa shape index (κ1) is 14.1. The molecule has 0 saturated heterocycles. The van der Waals surface area contributed by atoms with Crippen LogP contribution < -0.4 is 0 Å². The molecule has 3 rings (SSSR count). The van der Waals surface area contributed by atoms with Crippen LogP contribution in [-0.4, -0.2) is 10.2 Å². The normalized spacial score (nSPS) is 14.0. The van der Waals surface area contributed by atoms with Crippen molar-refractivity contribution >= 4 is 11.3 Å². The van der Waals surface area contributed by atoms with Crippen molar-refractivity contribution in [1.29, 1.82) is 0 Å². The smallest absolute Gasteiger partial charge is 0.146 e. The summed E-state index contributed by atoms with van der Waals surface area (Å²) in [6.45, 7) is 2.01. The minimum atomic E-state index is -0.788. The second kappa shape index (κ2) is 5.85. The van der Waals surface area contributed by atoms with Gasteiger partial charge in [0.25, 0.3) is 0 Å². The highest BCUT2D eigenvalue weighted by atomic mass is 32.1. The van der Waals surface area contributed by atoms with Crippen LogP contribution in [0.3, 0.4) is 0 Å². The van der Waals surface area contributed by atoms with Crippen LogP contribution in [0.5, 0.6) is 0 Å². The third-order valence-electron chi connectivity index (χ3n) is 3.39. The molecule has 0 fully saturated rings. The van der Waals surface area contributed by atoms with E-state index in [2.05, 4.69) is 0 Å². The highest BCUT2D eigenvalue weighted by Gasteiger charge is 2.19. The first-order valence-corrected chi connectivity index (χ1v) is 7.52. The van der Waals surface area contributed by atoms with Gasteiger partial charge in [-0.15, -0.1) is 11.3 Å². The van der Waals surface area contributed by atoms with E-state index in [0.29, 0.717) is 5.76 Å². The van der Waals surface area contributed by atoms with Crippen molar-refractivity contribution in [1.82, 2.24) is 0 Å². The van der Waals surface area contributed by atoms with E-state index in [4.69, 9.17) is 4.42 Å². The van der Waals surface area contributed by atoms with E-state index >= 15 is 0 Å². The van der Waals surface area contributed by atoms with E-state index in [1.165, 1.54) is 17.6 Å². The monoisotopic (exact) mass is 300 g/mol. The highest BCUT2D eigenvalue weighted by Crippen LogP contribution is 2.33. The van der Waals surface area contributed by atoms with Gasteiger partial charge in [-0.3, -0.25) is 0 Å². The van der Waals surface area contributed by atoms with E-state index in [9.17, 15) is 10.2 Å². The third-order valence-corrected chi connectivity index (χ3v) is 4.58. The van der Waals surface area contributed by atoms with E-state index in [1.54, 1.807) is 12.1 Å². The molecule has 0 radical (unpaired) electrons. The lowest BCUT2D eigenvalue weighted by molar-refractivity contribution is 0.193. The Morgan fingerprint density at radius 2 is 1.57 bits per heavy atom. The maximum absolute atomic E-state index is 10.4. The molecule has 2 atom stereocenters. The quantitative estimate of drug-likeness (QED) is 0.770. The Hall–Kier alpha value is -1.88. The fourth-order valence-corrected chi connectivity index (χ4v) is 3.18. The molecular formula is C17H16O3S. The average molecular weight is 300 g/mol. The van der Waals surface area contributed by atoms with E-state index < -0.39 is 12.2 Å². The number of rotatable bonds is 4. The summed E-state index contributed by atoms with van der Waals surface area (Å²) < 4.78 is 5.21. The molecule has 21 heavy (non-hydrogen) atoms. The van der Waals surface area contributed by atoms with E-state index in [-0.39, 0.29) is 0 Å². The molecule has 2 N–H and O–H groups in total. The summed E-state index contributed by atoms with van der Waals surface area (Å²) in [4.78, 5) is 1.56. The van der Waals surface area contributed by atoms with Crippen LogP contribution in [0.1, 0.15) is 38.8 Å². The Bertz CT molecular complexity index is 698. The summed E-state index contributed by atoms with van der Waals surface area (Å²) in [5, 5.41) is 20.6. The fraction of sp³-hybridized carbons (Fsp3) is 0.176. The van der Waals surface area contributed by atoms with Crippen LogP contribution in [0.4, 0.5) is 0 Å². The second-order valence-electron chi connectivity index (χ2n) is 4.97. The second-order valence-corrected chi connectivity index (χ2v) is 6.12. The Morgan fingerprint density at radius 1 is 0.905 bits per heavy atom. The van der Waals surface area contributed by atoms with Crippen LogP contribution in [0.2, 0.25) is 0 Å². The molecule has 0 saturated carbocycles. The largest absolute Gasteiger partial charge is 0.466 e. The van der Waals surface area contributed by atoms with Gasteiger partial charge in [0, 0.05) is 9.75 Å². The number of aryl methyl sites for hydroxylation is 1. The van der Waals surface area contributed by atoms with Gasteiger partial charge in [0.05, 0.1) is 6.26 Å². The fourth-order valence-electron chi connectivity index (χ4n) is 2.16. The number of hydrogen-bond acceptors (Lipinski definition) is 4. The Labute approximate surface area is 127 Å². The topological polar surface area (TPSA) is 53.6 Å². The zero-order chi connectivity index (χ0) is 14.8. The van der Waals surface area contributed by atoms with Crippen molar-refractivity contribution in [3.63, 3.8) is 0 Å². The highest BCUT2D eigenvalue weighted by molar-refractivity contribution is 7.12. The Kier molecular flexibility index (Phi) is 3.92. The van der Waals surface area contributed by atoms with Crippen LogP contribution in [0.15, 0.2) is 59.2 Å². The molecule has 0 spiro atoms. The first-order valence-electron chi connectivity index (χ1n) is 6.71. The Balaban J connectivity index is 1.82. The Morgan fingerprint density at radius 3 is 2.19 bits per heavy atom. The standard InChI is InChI=1S/C17H16O3S/c1-11-4-6-12(7-5-11)16(18)14-8-9-15(21-14)17(19)13-3-2-10-20-13/h2-10,16-19H,1H3. The van der Waals surface area contributed by atoms with Gasteiger partial charge in [0.1, 0.15) is 18.0 Å². The van der Waals surface area contributed by atoms with Gasteiger partial charge in [-0.2, -0.15) is 0 Å². The molecule has 4 heteroatoms. The summed E-state index contributed by atoms with van der Waals surface area (Å²) in [6, 6.07) is 14.9. The number of thiophene rings is 1. The molecule has 0 aliphatic carbocycles. The third kappa shape index (κ3) is 2.93. The maximum atomic E-state index is 10.4. The molecule has 0 bridgehead atoms. The molecule has 2 heterocycles. The molecule has 2 unspecified atom stereocenters. The summed E-state index contributed by atoms with van der Waals surface area (Å²) in [7, 11) is 0. The van der Waals surface area contributed by atoms with Gasteiger partial charge in [-0.25, -0.2) is 0 Å². The van der Waals surface area contributed by atoms with Crippen molar-refractivity contribution in [2.24, 2.45) is 0 Å². The lowest BCUT2D eigenvalue weighted by atomic mass is 10.1. The first-order chi connectivity index (χ1) is 10.1. The minimum Gasteiger partial charge on any atom is -0.466 e. The SMILES string of the molecule is Cc1ccc(C(O)c2ccc(C(O)c3ccco3)s2)cc1. The molecule has 2 aromatic heterocycles. The maximum Gasteiger partial charge on any atom is 0.146 e. The minimum absolute atomic E-state index is 0.508. The van der Waals surface area contributed by atoms with E-state index in [0.717, 1.165) is 20.9 Å². The number of aliphatic hydroxyl groups is 2. The van der Waals surface area contributed by atoms with Crippen LogP contribution in [-0.2, 0) is 0 Å². The molecule has 1 aromatic carbocycles. The van der Waals surface area contributed by atoms with Crippen molar-refractivity contribution in [3.05, 3.63) is 81.4 Å². The summed E-state index contributed by atoms with van der Waals surface area (Å²) in [5.41, 5.74) is 2.01. The number of benzene rings is 1. The molecule has 3 aromatic rings. The molecular weight excluding hydrogens is 284 g/mol. The predicted molar refractivity (Wildman–Crippen MR) is 82.3 cm³/mol. The summed E-state index contributed by atoms with van der Waals surface area (Å²) >= 11 is 1.39. The summed E-state index contributed by atoms with van der Waals surface area (Å²) in [6.07, 6.45) is 0.0749. The van der Waals surface area contributed by atoms with Gasteiger partial charge >= 0.3 is 0 Å². The predicted octanol–water partition coefficient (Wildman–Crippen LogP) is 3.81. The lowest BCUT2D eigenvalue weighted by Gasteiger charge is -2.09. The molecule has 0 aliphatic rings. The number of furan rings is 1. The lowest BCUT2D eigenvalue weighted by Crippen LogP contribution is -1.97. The van der Waals surface area contributed by atoms with Crippen molar-refractivity contribution in [2.45, 2.75) is 19.1 Å². The molecule has 0 aliphatic heterocycles. The number of aliphatic hydroxyl groups excluding tert-OH is 2. The average Bonchev–Trinajstić information content (AvgIpc) is 3.18.